The van der Waals surface area contributed by atoms with Crippen molar-refractivity contribution < 1.29 is 9.59 Å². The fraction of sp³-hybridized carbons (Fsp3) is 0.667. The first-order valence-corrected chi connectivity index (χ1v) is 5.71. The minimum atomic E-state index is -0.189. The van der Waals surface area contributed by atoms with Gasteiger partial charge in [0, 0.05) is 26.1 Å². The van der Waals surface area contributed by atoms with Crippen molar-refractivity contribution in [2.24, 2.45) is 11.8 Å². The van der Waals surface area contributed by atoms with E-state index in [2.05, 4.69) is 25.7 Å². The number of carbonyl (C=O) groups excluding carboxylic acids is 2. The van der Waals surface area contributed by atoms with Crippen LogP contribution in [0.2, 0.25) is 0 Å². The Labute approximate surface area is 96.7 Å². The van der Waals surface area contributed by atoms with Gasteiger partial charge in [-0.15, -0.1) is 6.58 Å². The van der Waals surface area contributed by atoms with Gasteiger partial charge in [-0.05, 0) is 5.92 Å². The lowest BCUT2D eigenvalue weighted by molar-refractivity contribution is -0.129. The van der Waals surface area contributed by atoms with Gasteiger partial charge in [-0.25, -0.2) is 0 Å². The molecular weight excluding hydrogens is 204 g/mol. The number of amides is 2. The highest BCUT2D eigenvalue weighted by Gasteiger charge is 2.33. The first-order valence-electron chi connectivity index (χ1n) is 5.71. The van der Waals surface area contributed by atoms with Gasteiger partial charge in [0.05, 0.1) is 5.92 Å². The van der Waals surface area contributed by atoms with Gasteiger partial charge in [0.25, 0.3) is 0 Å². The molecule has 16 heavy (non-hydrogen) atoms. The molecule has 0 aromatic carbocycles. The van der Waals surface area contributed by atoms with Crippen LogP contribution >= 0.6 is 0 Å². The molecule has 0 unspecified atom stereocenters. The van der Waals surface area contributed by atoms with Gasteiger partial charge >= 0.3 is 0 Å². The maximum atomic E-state index is 11.6. The average molecular weight is 224 g/mol. The minimum Gasteiger partial charge on any atom is -0.352 e. The summed E-state index contributed by atoms with van der Waals surface area (Å²) in [6, 6.07) is 0. The van der Waals surface area contributed by atoms with Gasteiger partial charge in [-0.3, -0.25) is 9.59 Å². The van der Waals surface area contributed by atoms with Crippen LogP contribution in [-0.2, 0) is 9.59 Å². The third-order valence-electron chi connectivity index (χ3n) is 2.59. The summed E-state index contributed by atoms with van der Waals surface area (Å²) in [5, 5.41) is 2.73. The highest BCUT2D eigenvalue weighted by molar-refractivity contribution is 5.89. The van der Waals surface area contributed by atoms with Crippen molar-refractivity contribution in [3.63, 3.8) is 0 Å². The van der Waals surface area contributed by atoms with Gasteiger partial charge < -0.3 is 10.2 Å². The number of likely N-dealkylation sites (tertiary alicyclic amines) is 1. The molecule has 0 saturated carbocycles. The fourth-order valence-corrected chi connectivity index (χ4v) is 1.88. The van der Waals surface area contributed by atoms with Gasteiger partial charge in [0.1, 0.15) is 0 Å². The Kier molecular flexibility index (Phi) is 4.52. The Morgan fingerprint density at radius 3 is 2.94 bits per heavy atom. The summed E-state index contributed by atoms with van der Waals surface area (Å²) in [6.07, 6.45) is 1.98. The smallest absolute Gasteiger partial charge is 0.225 e. The van der Waals surface area contributed by atoms with E-state index in [-0.39, 0.29) is 17.7 Å². The number of nitrogens with zero attached hydrogens (tertiary/aromatic N) is 1. The van der Waals surface area contributed by atoms with E-state index in [1.807, 2.05) is 0 Å². The summed E-state index contributed by atoms with van der Waals surface area (Å²) in [6.45, 7) is 9.43. The molecule has 0 bridgehead atoms. The minimum absolute atomic E-state index is 0.0421. The molecule has 1 saturated heterocycles. The molecule has 4 heteroatoms. The summed E-state index contributed by atoms with van der Waals surface area (Å²) in [7, 11) is 0. The third-order valence-corrected chi connectivity index (χ3v) is 2.59. The van der Waals surface area contributed by atoms with E-state index >= 15 is 0 Å². The van der Waals surface area contributed by atoms with Crippen LogP contribution in [0.15, 0.2) is 12.7 Å². The fourth-order valence-electron chi connectivity index (χ4n) is 1.88. The van der Waals surface area contributed by atoms with E-state index in [1.54, 1.807) is 11.0 Å². The van der Waals surface area contributed by atoms with Crippen molar-refractivity contribution in [2.45, 2.75) is 20.3 Å². The van der Waals surface area contributed by atoms with Crippen LogP contribution in [0.3, 0.4) is 0 Å². The predicted octanol–water partition coefficient (Wildman–Crippen LogP) is 0.793. The molecule has 0 aromatic heterocycles. The predicted molar refractivity (Wildman–Crippen MR) is 62.7 cm³/mol. The second-order valence-electron chi connectivity index (χ2n) is 4.63. The maximum Gasteiger partial charge on any atom is 0.225 e. The van der Waals surface area contributed by atoms with Crippen molar-refractivity contribution in [3.8, 4) is 0 Å². The number of carbonyl (C=O) groups is 2. The Hall–Kier alpha value is -1.32. The lowest BCUT2D eigenvalue weighted by Gasteiger charge is -2.18. The van der Waals surface area contributed by atoms with Crippen LogP contribution < -0.4 is 5.32 Å². The van der Waals surface area contributed by atoms with Crippen LogP contribution in [-0.4, -0.2) is 36.3 Å². The summed E-state index contributed by atoms with van der Waals surface area (Å²) in [5.74, 6) is 0.303. The average Bonchev–Trinajstić information content (AvgIpc) is 2.56. The molecule has 0 radical (unpaired) electrons. The van der Waals surface area contributed by atoms with Gasteiger partial charge in [-0.1, -0.05) is 19.9 Å². The summed E-state index contributed by atoms with van der Waals surface area (Å²) >= 11 is 0. The highest BCUT2D eigenvalue weighted by atomic mass is 16.2. The molecule has 1 fully saturated rings. The summed E-state index contributed by atoms with van der Waals surface area (Å²) < 4.78 is 0. The molecule has 1 rings (SSSR count). The molecule has 1 aliphatic heterocycles. The largest absolute Gasteiger partial charge is 0.352 e. The van der Waals surface area contributed by atoms with E-state index in [9.17, 15) is 9.59 Å². The van der Waals surface area contributed by atoms with E-state index in [4.69, 9.17) is 0 Å². The normalized spacial score (nSPS) is 20.3. The molecular formula is C12H20N2O2. The Morgan fingerprint density at radius 2 is 2.38 bits per heavy atom. The van der Waals surface area contributed by atoms with Crippen LogP contribution in [0.25, 0.3) is 0 Å². The third kappa shape index (κ3) is 3.36. The standard InChI is InChI=1S/C12H20N2O2/c1-4-5-13-12(16)10-6-11(15)14(8-10)7-9(2)3/h4,9-10H,1,5-8H2,2-3H3,(H,13,16)/t10-/m0/s1. The molecule has 1 aliphatic rings. The van der Waals surface area contributed by atoms with E-state index < -0.39 is 0 Å². The maximum absolute atomic E-state index is 11.6. The van der Waals surface area contributed by atoms with Crippen LogP contribution in [0, 0.1) is 11.8 Å². The van der Waals surface area contributed by atoms with Crippen molar-refractivity contribution in [3.05, 3.63) is 12.7 Å². The van der Waals surface area contributed by atoms with E-state index in [0.717, 1.165) is 6.54 Å². The van der Waals surface area contributed by atoms with Crippen molar-refractivity contribution in [1.29, 1.82) is 0 Å². The molecule has 0 spiro atoms. The topological polar surface area (TPSA) is 49.4 Å². The quantitative estimate of drug-likeness (QED) is 0.702. The van der Waals surface area contributed by atoms with Crippen LogP contribution in [0.5, 0.6) is 0 Å². The van der Waals surface area contributed by atoms with Crippen LogP contribution in [0.4, 0.5) is 0 Å². The molecule has 2 amide bonds. The van der Waals surface area contributed by atoms with Crippen molar-refractivity contribution in [1.82, 2.24) is 10.2 Å². The van der Waals surface area contributed by atoms with Crippen molar-refractivity contribution in [2.75, 3.05) is 19.6 Å². The van der Waals surface area contributed by atoms with E-state index in [0.29, 0.717) is 25.4 Å². The number of hydrogen-bond acceptors (Lipinski definition) is 2. The Morgan fingerprint density at radius 1 is 1.69 bits per heavy atom. The van der Waals surface area contributed by atoms with E-state index in [1.165, 1.54) is 0 Å². The summed E-state index contributed by atoms with van der Waals surface area (Å²) in [5.41, 5.74) is 0. The lowest BCUT2D eigenvalue weighted by atomic mass is 10.1. The monoisotopic (exact) mass is 224 g/mol. The van der Waals surface area contributed by atoms with Gasteiger partial charge in [-0.2, -0.15) is 0 Å². The Balaban J connectivity index is 2.45. The molecule has 0 aliphatic carbocycles. The van der Waals surface area contributed by atoms with Gasteiger partial charge in [0.15, 0.2) is 0 Å². The SMILES string of the molecule is C=CCNC(=O)[C@H]1CC(=O)N(CC(C)C)C1. The highest BCUT2D eigenvalue weighted by Crippen LogP contribution is 2.18. The summed E-state index contributed by atoms with van der Waals surface area (Å²) in [4.78, 5) is 25.0. The molecule has 1 atom stereocenters. The Bertz CT molecular complexity index is 287. The second kappa shape index (κ2) is 5.68. The number of hydrogen-bond donors (Lipinski definition) is 1. The zero-order valence-corrected chi connectivity index (χ0v) is 10.0. The number of rotatable bonds is 5. The molecule has 1 heterocycles. The van der Waals surface area contributed by atoms with Crippen molar-refractivity contribution >= 4 is 11.8 Å². The second-order valence-corrected chi connectivity index (χ2v) is 4.63. The first-order chi connectivity index (χ1) is 7.54. The number of nitrogens with one attached hydrogen (secondary N) is 1. The molecule has 4 nitrogen and oxygen atoms in total. The zero-order valence-electron chi connectivity index (χ0n) is 10.0. The van der Waals surface area contributed by atoms with Crippen LogP contribution in [0.1, 0.15) is 20.3 Å². The first kappa shape index (κ1) is 12.7. The molecule has 0 aromatic rings. The molecule has 1 N–H and O–H groups in total. The van der Waals surface area contributed by atoms with Gasteiger partial charge in [0.2, 0.25) is 11.8 Å². The zero-order chi connectivity index (χ0) is 12.1. The molecule has 90 valence electrons. The lowest BCUT2D eigenvalue weighted by Crippen LogP contribution is -2.34.